The standard InChI is InChI=1S/C47H29N3O/c1-2-11-30(12-3-1)47-49-43(32-20-21-46-42(27-32)40-18-8-9-19-45(40)51-46)28-44(50-47)36-24-34(33-14-10-22-48-29-33)23-35(25-36)41-26-31-13-4-5-15-37(31)38-16-6-7-17-39(38)41/h1-29H. The first-order valence-electron chi connectivity index (χ1n) is 17.1. The number of para-hydroxylation sites is 1. The third kappa shape index (κ3) is 5.13. The molecule has 0 saturated heterocycles. The number of benzene rings is 7. The highest BCUT2D eigenvalue weighted by Gasteiger charge is 2.16. The number of hydrogen-bond acceptors (Lipinski definition) is 4. The molecule has 4 heteroatoms. The summed E-state index contributed by atoms with van der Waals surface area (Å²) in [5.74, 6) is 0.671. The molecule has 3 aromatic heterocycles. The molecule has 51 heavy (non-hydrogen) atoms. The molecular formula is C47H29N3O. The zero-order valence-electron chi connectivity index (χ0n) is 27.5. The third-order valence-corrected chi connectivity index (χ3v) is 9.73. The third-order valence-electron chi connectivity index (χ3n) is 9.73. The second kappa shape index (κ2) is 11.9. The van der Waals surface area contributed by atoms with Crippen molar-refractivity contribution >= 4 is 43.5 Å². The topological polar surface area (TPSA) is 51.8 Å². The molecule has 0 aliphatic carbocycles. The van der Waals surface area contributed by atoms with Crippen molar-refractivity contribution < 1.29 is 4.42 Å². The Kier molecular flexibility index (Phi) is 6.78. The molecule has 10 aromatic rings. The van der Waals surface area contributed by atoms with E-state index in [1.165, 1.54) is 27.1 Å². The van der Waals surface area contributed by atoms with Gasteiger partial charge in [0, 0.05) is 45.4 Å². The second-order valence-corrected chi connectivity index (χ2v) is 12.9. The molecule has 0 aliphatic rings. The predicted octanol–water partition coefficient (Wildman–Crippen LogP) is 12.4. The zero-order chi connectivity index (χ0) is 33.7. The molecule has 3 heterocycles. The highest BCUT2D eigenvalue weighted by Crippen LogP contribution is 2.40. The first kappa shape index (κ1) is 29.0. The van der Waals surface area contributed by atoms with E-state index in [1.807, 2.05) is 60.9 Å². The van der Waals surface area contributed by atoms with E-state index in [0.717, 1.165) is 66.7 Å². The summed E-state index contributed by atoms with van der Waals surface area (Å²) in [6.45, 7) is 0. The predicted molar refractivity (Wildman–Crippen MR) is 209 cm³/mol. The van der Waals surface area contributed by atoms with Crippen molar-refractivity contribution in [3.05, 3.63) is 176 Å². The van der Waals surface area contributed by atoms with Gasteiger partial charge in [-0.25, -0.2) is 9.97 Å². The smallest absolute Gasteiger partial charge is 0.160 e. The lowest BCUT2D eigenvalue weighted by molar-refractivity contribution is 0.669. The number of rotatable bonds is 5. The Hall–Kier alpha value is -6.91. The normalized spacial score (nSPS) is 11.5. The van der Waals surface area contributed by atoms with Crippen LogP contribution < -0.4 is 0 Å². The van der Waals surface area contributed by atoms with Crippen LogP contribution in [0.3, 0.4) is 0 Å². The highest BCUT2D eigenvalue weighted by atomic mass is 16.3. The number of nitrogens with zero attached hydrogens (tertiary/aromatic N) is 3. The Morgan fingerprint density at radius 3 is 1.88 bits per heavy atom. The van der Waals surface area contributed by atoms with Crippen LogP contribution in [-0.4, -0.2) is 15.0 Å². The van der Waals surface area contributed by atoms with E-state index in [-0.39, 0.29) is 0 Å². The second-order valence-electron chi connectivity index (χ2n) is 12.9. The maximum Gasteiger partial charge on any atom is 0.160 e. The summed E-state index contributed by atoms with van der Waals surface area (Å²) >= 11 is 0. The van der Waals surface area contributed by atoms with Gasteiger partial charge in [-0.1, -0.05) is 103 Å². The van der Waals surface area contributed by atoms with Gasteiger partial charge in [0.1, 0.15) is 11.2 Å². The quantitative estimate of drug-likeness (QED) is 0.174. The molecule has 0 radical (unpaired) electrons. The molecule has 4 nitrogen and oxygen atoms in total. The van der Waals surface area contributed by atoms with Crippen LogP contribution in [0.25, 0.3) is 99.6 Å². The number of pyridine rings is 1. The summed E-state index contributed by atoms with van der Waals surface area (Å²) in [5.41, 5.74) is 10.8. The Labute approximate surface area is 294 Å². The average molecular weight is 652 g/mol. The van der Waals surface area contributed by atoms with Crippen LogP contribution in [0.2, 0.25) is 0 Å². The summed E-state index contributed by atoms with van der Waals surface area (Å²) in [4.78, 5) is 14.9. The average Bonchev–Trinajstić information content (AvgIpc) is 3.59. The Bertz CT molecular complexity index is 2910. The molecule has 0 bridgehead atoms. The van der Waals surface area contributed by atoms with Crippen molar-refractivity contribution in [1.29, 1.82) is 0 Å². The van der Waals surface area contributed by atoms with Crippen LogP contribution in [0.4, 0.5) is 0 Å². The Morgan fingerprint density at radius 1 is 0.373 bits per heavy atom. The lowest BCUT2D eigenvalue weighted by Crippen LogP contribution is -1.97. The molecule has 0 amide bonds. The SMILES string of the molecule is c1ccc(-c2nc(-c3cc(-c4cccnc4)cc(-c4cc5ccccc5c5ccccc45)c3)cc(-c3ccc4oc5ccccc5c4c3)n2)cc1. The first-order valence-corrected chi connectivity index (χ1v) is 17.1. The summed E-state index contributed by atoms with van der Waals surface area (Å²) in [7, 11) is 0. The first-order chi connectivity index (χ1) is 25.2. The summed E-state index contributed by atoms with van der Waals surface area (Å²) in [5, 5.41) is 7.04. The van der Waals surface area contributed by atoms with E-state index in [1.54, 1.807) is 0 Å². The fourth-order valence-electron chi connectivity index (χ4n) is 7.27. The monoisotopic (exact) mass is 651 g/mol. The van der Waals surface area contributed by atoms with Crippen molar-refractivity contribution in [3.8, 4) is 56.2 Å². The van der Waals surface area contributed by atoms with Gasteiger partial charge in [-0.3, -0.25) is 4.98 Å². The van der Waals surface area contributed by atoms with Gasteiger partial charge in [-0.15, -0.1) is 0 Å². The number of fused-ring (bicyclic) bond motifs is 6. The van der Waals surface area contributed by atoms with Gasteiger partial charge in [-0.2, -0.15) is 0 Å². The number of furan rings is 1. The molecule has 0 aliphatic heterocycles. The van der Waals surface area contributed by atoms with Crippen LogP contribution in [0.1, 0.15) is 0 Å². The maximum atomic E-state index is 6.16. The molecule has 0 N–H and O–H groups in total. The lowest BCUT2D eigenvalue weighted by Gasteiger charge is -2.15. The van der Waals surface area contributed by atoms with Crippen LogP contribution in [0, 0.1) is 0 Å². The Balaban J connectivity index is 1.23. The van der Waals surface area contributed by atoms with Crippen molar-refractivity contribution in [1.82, 2.24) is 15.0 Å². The highest BCUT2D eigenvalue weighted by molar-refractivity contribution is 6.14. The van der Waals surface area contributed by atoms with E-state index >= 15 is 0 Å². The minimum atomic E-state index is 0.671. The summed E-state index contributed by atoms with van der Waals surface area (Å²) < 4.78 is 6.16. The number of hydrogen-bond donors (Lipinski definition) is 0. The molecule has 0 spiro atoms. The van der Waals surface area contributed by atoms with Crippen LogP contribution in [0.15, 0.2) is 181 Å². The molecule has 0 unspecified atom stereocenters. The summed E-state index contributed by atoms with van der Waals surface area (Å²) in [6.07, 6.45) is 3.74. The minimum Gasteiger partial charge on any atom is -0.456 e. The van der Waals surface area contributed by atoms with Gasteiger partial charge in [0.2, 0.25) is 0 Å². The summed E-state index contributed by atoms with van der Waals surface area (Å²) in [6, 6.07) is 57.3. The molecule has 238 valence electrons. The number of aromatic nitrogens is 3. The minimum absolute atomic E-state index is 0.671. The molecule has 10 rings (SSSR count). The van der Waals surface area contributed by atoms with Gasteiger partial charge in [-0.05, 0) is 98.9 Å². The van der Waals surface area contributed by atoms with Crippen LogP contribution in [-0.2, 0) is 0 Å². The van der Waals surface area contributed by atoms with Crippen molar-refractivity contribution in [3.63, 3.8) is 0 Å². The van der Waals surface area contributed by atoms with Gasteiger partial charge >= 0.3 is 0 Å². The largest absolute Gasteiger partial charge is 0.456 e. The maximum absolute atomic E-state index is 6.16. The van der Waals surface area contributed by atoms with Crippen molar-refractivity contribution in [2.24, 2.45) is 0 Å². The lowest BCUT2D eigenvalue weighted by atomic mass is 9.90. The van der Waals surface area contributed by atoms with Gasteiger partial charge < -0.3 is 4.42 Å². The fourth-order valence-corrected chi connectivity index (χ4v) is 7.27. The Morgan fingerprint density at radius 2 is 1.04 bits per heavy atom. The molecule has 7 aromatic carbocycles. The zero-order valence-corrected chi connectivity index (χ0v) is 27.5. The van der Waals surface area contributed by atoms with Crippen molar-refractivity contribution in [2.75, 3.05) is 0 Å². The van der Waals surface area contributed by atoms with Crippen LogP contribution in [0.5, 0.6) is 0 Å². The molecule has 0 atom stereocenters. The van der Waals surface area contributed by atoms with E-state index in [2.05, 4.69) is 120 Å². The van der Waals surface area contributed by atoms with Crippen molar-refractivity contribution in [2.45, 2.75) is 0 Å². The fraction of sp³-hybridized carbons (Fsp3) is 0. The van der Waals surface area contributed by atoms with Gasteiger partial charge in [0.15, 0.2) is 5.82 Å². The van der Waals surface area contributed by atoms with E-state index < -0.39 is 0 Å². The van der Waals surface area contributed by atoms with E-state index in [9.17, 15) is 0 Å². The molecule has 0 saturated carbocycles. The molecule has 0 fully saturated rings. The van der Waals surface area contributed by atoms with E-state index in [4.69, 9.17) is 14.4 Å². The van der Waals surface area contributed by atoms with E-state index in [0.29, 0.717) is 5.82 Å². The van der Waals surface area contributed by atoms with Gasteiger partial charge in [0.05, 0.1) is 11.4 Å². The van der Waals surface area contributed by atoms with Crippen LogP contribution >= 0.6 is 0 Å². The van der Waals surface area contributed by atoms with Gasteiger partial charge in [0.25, 0.3) is 0 Å². The molecular weight excluding hydrogens is 623 g/mol.